The number of rotatable bonds is 3. The van der Waals surface area contributed by atoms with Crippen molar-refractivity contribution in [3.63, 3.8) is 0 Å². The van der Waals surface area contributed by atoms with Crippen LogP contribution in [0, 0.1) is 0 Å². The van der Waals surface area contributed by atoms with E-state index in [4.69, 9.17) is 15.1 Å². The van der Waals surface area contributed by atoms with Crippen LogP contribution in [0.15, 0.2) is 83.9 Å². The highest BCUT2D eigenvalue weighted by molar-refractivity contribution is 6.23. The molecule has 12 heteroatoms. The summed E-state index contributed by atoms with van der Waals surface area (Å²) in [6, 6.07) is 25.4. The molecule has 0 radical (unpaired) electrons. The molecule has 7 aromatic rings. The molecule has 0 unspecified atom stereocenters. The zero-order valence-electron chi connectivity index (χ0n) is 23.7. The van der Waals surface area contributed by atoms with Crippen molar-refractivity contribution >= 4 is 28.7 Å². The SMILES string of the molecule is CCc1nnc2nc3c(nn12)C(=Nc1ccccc1)c1ccccc1-3.CCc1nnc2nc3c(nn12)C(=O)c1ccccc1-3. The molecular weight excluding hydrogens is 554 g/mol. The molecule has 4 heterocycles. The first-order valence-electron chi connectivity index (χ1n) is 14.3. The lowest BCUT2D eigenvalue weighted by Gasteiger charge is -2.02. The van der Waals surface area contributed by atoms with Gasteiger partial charge in [0, 0.05) is 35.1 Å². The fraction of sp³-hybridized carbons (Fsp3) is 0.125. The summed E-state index contributed by atoms with van der Waals surface area (Å²) in [5.74, 6) is 2.36. The standard InChI is InChI=1S/C19H14N6.C13H9N5O/c1-2-15-22-23-19-21-17-14-11-7-6-10-13(14)16(18(17)24-25(15)19)20-12-8-4-3-5-9-12;1-2-9-15-16-13-14-10-7-5-3-4-6-8(7)12(19)11(10)17-18(9)13/h3-11H,2H2,1H3;3-6H,2H2,1H3. The van der Waals surface area contributed by atoms with Crippen LogP contribution in [-0.4, -0.2) is 61.1 Å². The van der Waals surface area contributed by atoms with E-state index in [0.717, 1.165) is 51.7 Å². The third-order valence-corrected chi connectivity index (χ3v) is 7.58. The summed E-state index contributed by atoms with van der Waals surface area (Å²) in [6.07, 6.45) is 1.43. The second-order valence-corrected chi connectivity index (χ2v) is 10.2. The number of aromatic nitrogens is 10. The minimum absolute atomic E-state index is 0.0873. The highest BCUT2D eigenvalue weighted by Crippen LogP contribution is 2.36. The summed E-state index contributed by atoms with van der Waals surface area (Å²) in [5.41, 5.74) is 7.83. The van der Waals surface area contributed by atoms with E-state index in [9.17, 15) is 4.79 Å². The van der Waals surface area contributed by atoms with E-state index in [0.29, 0.717) is 40.8 Å². The number of fused-ring (bicyclic) bond motifs is 8. The largest absolute Gasteiger partial charge is 0.287 e. The van der Waals surface area contributed by atoms with E-state index in [-0.39, 0.29) is 5.78 Å². The molecule has 9 rings (SSSR count). The number of aryl methyl sites for hydroxylation is 2. The Morgan fingerprint density at radius 2 is 1.07 bits per heavy atom. The number of carbonyl (C=O) groups excluding carboxylic acids is 1. The molecule has 0 saturated carbocycles. The topological polar surface area (TPSA) is 141 Å². The van der Waals surface area contributed by atoms with Crippen molar-refractivity contribution < 1.29 is 4.79 Å². The Hall–Kier alpha value is -6.04. The summed E-state index contributed by atoms with van der Waals surface area (Å²) >= 11 is 0. The smallest absolute Gasteiger partial charge is 0.272 e. The number of hydrogen-bond donors (Lipinski definition) is 0. The van der Waals surface area contributed by atoms with Gasteiger partial charge in [-0.15, -0.1) is 20.4 Å². The van der Waals surface area contributed by atoms with E-state index in [2.05, 4.69) is 36.5 Å². The number of benzene rings is 3. The lowest BCUT2D eigenvalue weighted by Crippen LogP contribution is -2.08. The first kappa shape index (κ1) is 25.7. The molecule has 2 aliphatic carbocycles. The molecule has 3 aromatic carbocycles. The average molecular weight is 578 g/mol. The van der Waals surface area contributed by atoms with Gasteiger partial charge in [-0.3, -0.25) is 4.79 Å². The normalized spacial score (nSPS) is 13.5. The summed E-state index contributed by atoms with van der Waals surface area (Å²) in [7, 11) is 0. The quantitative estimate of drug-likeness (QED) is 0.296. The maximum absolute atomic E-state index is 12.3. The number of para-hydroxylation sites is 1. The van der Waals surface area contributed by atoms with Crippen molar-refractivity contribution in [3.8, 4) is 22.5 Å². The third kappa shape index (κ3) is 3.91. The monoisotopic (exact) mass is 577 g/mol. The van der Waals surface area contributed by atoms with Gasteiger partial charge in [0.15, 0.2) is 17.3 Å². The number of hydrogen-bond acceptors (Lipinski definition) is 10. The van der Waals surface area contributed by atoms with Crippen LogP contribution in [0.2, 0.25) is 0 Å². The lowest BCUT2D eigenvalue weighted by molar-refractivity contribution is 0.103. The van der Waals surface area contributed by atoms with Crippen LogP contribution in [0.4, 0.5) is 5.69 Å². The molecule has 44 heavy (non-hydrogen) atoms. The summed E-state index contributed by atoms with van der Waals surface area (Å²) in [6.45, 7) is 3.99. The van der Waals surface area contributed by atoms with Gasteiger partial charge in [-0.25, -0.2) is 15.0 Å². The van der Waals surface area contributed by atoms with Crippen LogP contribution >= 0.6 is 0 Å². The van der Waals surface area contributed by atoms with Gasteiger partial charge in [0.2, 0.25) is 5.78 Å². The van der Waals surface area contributed by atoms with Crippen molar-refractivity contribution in [3.05, 3.63) is 113 Å². The Bertz CT molecular complexity index is 2290. The zero-order chi connectivity index (χ0) is 29.8. The van der Waals surface area contributed by atoms with Gasteiger partial charge >= 0.3 is 0 Å². The maximum Gasteiger partial charge on any atom is 0.272 e. The minimum Gasteiger partial charge on any atom is -0.287 e. The number of aliphatic imine (C=N–C) groups is 1. The first-order valence-corrected chi connectivity index (χ1v) is 14.3. The van der Waals surface area contributed by atoms with E-state index < -0.39 is 0 Å². The molecule has 0 saturated heterocycles. The van der Waals surface area contributed by atoms with Gasteiger partial charge in [-0.2, -0.15) is 19.2 Å². The summed E-state index contributed by atoms with van der Waals surface area (Å²) in [4.78, 5) is 26.3. The fourth-order valence-electron chi connectivity index (χ4n) is 5.46. The molecule has 12 nitrogen and oxygen atoms in total. The number of carbonyl (C=O) groups is 1. The van der Waals surface area contributed by atoms with Crippen LogP contribution in [0.25, 0.3) is 34.1 Å². The zero-order valence-corrected chi connectivity index (χ0v) is 23.7. The van der Waals surface area contributed by atoms with Gasteiger partial charge in [0.25, 0.3) is 11.6 Å². The number of nitrogens with zero attached hydrogens (tertiary/aromatic N) is 11. The van der Waals surface area contributed by atoms with Crippen LogP contribution in [0.1, 0.15) is 52.8 Å². The Balaban J connectivity index is 0.000000136. The van der Waals surface area contributed by atoms with E-state index in [1.54, 1.807) is 15.1 Å². The highest BCUT2D eigenvalue weighted by atomic mass is 16.1. The second kappa shape index (κ2) is 10.1. The molecule has 0 N–H and O–H groups in total. The molecule has 4 aromatic heterocycles. The van der Waals surface area contributed by atoms with Crippen molar-refractivity contribution in [2.24, 2.45) is 4.99 Å². The average Bonchev–Trinajstić information content (AvgIpc) is 3.82. The van der Waals surface area contributed by atoms with Crippen molar-refractivity contribution in [1.29, 1.82) is 0 Å². The van der Waals surface area contributed by atoms with Crippen molar-refractivity contribution in [1.82, 2.24) is 49.6 Å². The summed E-state index contributed by atoms with van der Waals surface area (Å²) < 4.78 is 3.26. The Morgan fingerprint density at radius 1 is 0.568 bits per heavy atom. The molecule has 0 spiro atoms. The van der Waals surface area contributed by atoms with Gasteiger partial charge in [0.1, 0.15) is 22.8 Å². The minimum atomic E-state index is -0.0873. The van der Waals surface area contributed by atoms with E-state index >= 15 is 0 Å². The van der Waals surface area contributed by atoms with Crippen LogP contribution < -0.4 is 0 Å². The molecule has 0 bridgehead atoms. The van der Waals surface area contributed by atoms with Crippen LogP contribution in [0.5, 0.6) is 0 Å². The van der Waals surface area contributed by atoms with E-state index in [1.807, 2.05) is 80.6 Å². The Labute approximate surface area is 250 Å². The van der Waals surface area contributed by atoms with Gasteiger partial charge in [-0.05, 0) is 12.1 Å². The highest BCUT2D eigenvalue weighted by Gasteiger charge is 2.31. The van der Waals surface area contributed by atoms with Gasteiger partial charge < -0.3 is 0 Å². The Morgan fingerprint density at radius 3 is 1.68 bits per heavy atom. The third-order valence-electron chi connectivity index (χ3n) is 7.58. The molecule has 0 fully saturated rings. The molecule has 0 atom stereocenters. The number of ketones is 1. The van der Waals surface area contributed by atoms with Gasteiger partial charge in [0.05, 0.1) is 5.69 Å². The lowest BCUT2D eigenvalue weighted by atomic mass is 10.1. The van der Waals surface area contributed by atoms with E-state index in [1.165, 1.54) is 0 Å². The predicted molar refractivity (Wildman–Crippen MR) is 162 cm³/mol. The maximum atomic E-state index is 12.3. The van der Waals surface area contributed by atoms with Gasteiger partial charge in [-0.1, -0.05) is 80.6 Å². The summed E-state index contributed by atoms with van der Waals surface area (Å²) in [5, 5.41) is 25.5. The molecular formula is C32H23N11O. The molecule has 0 amide bonds. The second-order valence-electron chi connectivity index (χ2n) is 10.2. The predicted octanol–water partition coefficient (Wildman–Crippen LogP) is 4.52. The fourth-order valence-corrected chi connectivity index (χ4v) is 5.46. The Kier molecular flexibility index (Phi) is 5.86. The van der Waals surface area contributed by atoms with Crippen molar-refractivity contribution in [2.45, 2.75) is 26.7 Å². The molecule has 212 valence electrons. The van der Waals surface area contributed by atoms with Crippen molar-refractivity contribution in [2.75, 3.05) is 0 Å². The van der Waals surface area contributed by atoms with Crippen LogP contribution in [-0.2, 0) is 12.8 Å². The first-order chi connectivity index (χ1) is 21.6. The van der Waals surface area contributed by atoms with Crippen LogP contribution in [0.3, 0.4) is 0 Å². The molecule has 2 aliphatic rings. The molecule has 0 aliphatic heterocycles.